The number of aromatic nitrogens is 2. The van der Waals surface area contributed by atoms with Crippen molar-refractivity contribution in [1.29, 1.82) is 0 Å². The minimum absolute atomic E-state index is 0.255. The number of halogens is 2. The number of hydrogen-bond acceptors (Lipinski definition) is 3. The van der Waals surface area contributed by atoms with Gasteiger partial charge in [-0.05, 0) is 55.8 Å². The molecule has 0 spiro atoms. The molecule has 1 fully saturated rings. The molecule has 0 bridgehead atoms. The van der Waals surface area contributed by atoms with Crippen molar-refractivity contribution < 1.29 is 8.78 Å². The Morgan fingerprint density at radius 3 is 2.52 bits per heavy atom. The second kappa shape index (κ2) is 6.80. The van der Waals surface area contributed by atoms with Crippen LogP contribution in [0.3, 0.4) is 0 Å². The van der Waals surface area contributed by atoms with Crippen molar-refractivity contribution in [1.82, 2.24) is 14.9 Å². The molecular weight excluding hydrogens is 322 g/mol. The molecule has 2 N–H and O–H groups in total. The third kappa shape index (κ3) is 3.49. The van der Waals surface area contributed by atoms with Gasteiger partial charge in [0.2, 0.25) is 5.95 Å². The fourth-order valence-corrected chi connectivity index (χ4v) is 3.29. The maximum Gasteiger partial charge on any atom is 0.204 e. The molecule has 1 aliphatic heterocycles. The first kappa shape index (κ1) is 16.0. The zero-order valence-electron chi connectivity index (χ0n) is 13.8. The summed E-state index contributed by atoms with van der Waals surface area (Å²) in [6, 6.07) is 11.4. The quantitative estimate of drug-likeness (QED) is 0.762. The van der Waals surface area contributed by atoms with E-state index < -0.39 is 0 Å². The fraction of sp³-hybridized carbons (Fsp3) is 0.316. The highest BCUT2D eigenvalue weighted by molar-refractivity contribution is 5.79. The monoisotopic (exact) mass is 342 g/mol. The maximum absolute atomic E-state index is 13.6. The Labute approximate surface area is 144 Å². The first-order chi connectivity index (χ1) is 12.2. The van der Waals surface area contributed by atoms with Crippen molar-refractivity contribution in [2.45, 2.75) is 25.4 Å². The molecule has 4 rings (SSSR count). The number of nitrogens with one attached hydrogen (secondary N) is 2. The largest absolute Gasteiger partial charge is 0.353 e. The minimum atomic E-state index is -0.299. The summed E-state index contributed by atoms with van der Waals surface area (Å²) in [5.74, 6) is 0.179. The second-order valence-corrected chi connectivity index (χ2v) is 6.45. The van der Waals surface area contributed by atoms with E-state index in [-0.39, 0.29) is 11.6 Å². The Kier molecular flexibility index (Phi) is 4.36. The van der Waals surface area contributed by atoms with Gasteiger partial charge in [0.15, 0.2) is 0 Å². The molecule has 4 nitrogen and oxygen atoms in total. The highest BCUT2D eigenvalue weighted by Gasteiger charge is 2.18. The predicted molar refractivity (Wildman–Crippen MR) is 94.7 cm³/mol. The van der Waals surface area contributed by atoms with Crippen molar-refractivity contribution >= 4 is 17.0 Å². The van der Waals surface area contributed by atoms with Gasteiger partial charge in [-0.15, -0.1) is 0 Å². The van der Waals surface area contributed by atoms with E-state index in [4.69, 9.17) is 0 Å². The van der Waals surface area contributed by atoms with Crippen LogP contribution in [0.4, 0.5) is 14.7 Å². The Balaban J connectivity index is 1.70. The summed E-state index contributed by atoms with van der Waals surface area (Å²) < 4.78 is 28.8. The van der Waals surface area contributed by atoms with Crippen LogP contribution in [0, 0.1) is 11.6 Å². The Bertz CT molecular complexity index is 867. The minimum Gasteiger partial charge on any atom is -0.353 e. The highest BCUT2D eigenvalue weighted by atomic mass is 19.1. The van der Waals surface area contributed by atoms with Crippen LogP contribution in [0.2, 0.25) is 0 Å². The smallest absolute Gasteiger partial charge is 0.204 e. The number of imidazole rings is 1. The van der Waals surface area contributed by atoms with Crippen LogP contribution >= 0.6 is 0 Å². The summed E-state index contributed by atoms with van der Waals surface area (Å²) in [5, 5.41) is 6.85. The summed E-state index contributed by atoms with van der Waals surface area (Å²) in [6.07, 6.45) is 2.04. The summed E-state index contributed by atoms with van der Waals surface area (Å²) in [7, 11) is 0. The van der Waals surface area contributed by atoms with Crippen molar-refractivity contribution in [2.24, 2.45) is 0 Å². The number of rotatable bonds is 4. The maximum atomic E-state index is 13.6. The lowest BCUT2D eigenvalue weighted by Crippen LogP contribution is -2.36. The molecule has 1 saturated heterocycles. The van der Waals surface area contributed by atoms with Gasteiger partial charge < -0.3 is 15.2 Å². The molecule has 0 saturated carbocycles. The molecule has 0 aliphatic carbocycles. The number of anilines is 1. The van der Waals surface area contributed by atoms with Gasteiger partial charge in [0.1, 0.15) is 11.6 Å². The van der Waals surface area contributed by atoms with Crippen LogP contribution in [-0.4, -0.2) is 28.7 Å². The lowest BCUT2D eigenvalue weighted by atomic mass is 10.1. The van der Waals surface area contributed by atoms with E-state index in [0.29, 0.717) is 18.1 Å². The summed E-state index contributed by atoms with van der Waals surface area (Å²) in [4.78, 5) is 4.60. The van der Waals surface area contributed by atoms with Gasteiger partial charge in [-0.2, -0.15) is 0 Å². The average Bonchev–Trinajstić information content (AvgIpc) is 2.94. The van der Waals surface area contributed by atoms with E-state index in [9.17, 15) is 8.78 Å². The van der Waals surface area contributed by atoms with Crippen LogP contribution in [0.15, 0.2) is 42.5 Å². The third-order valence-corrected chi connectivity index (χ3v) is 4.64. The van der Waals surface area contributed by atoms with Crippen molar-refractivity contribution in [3.8, 4) is 0 Å². The Morgan fingerprint density at radius 2 is 1.76 bits per heavy atom. The van der Waals surface area contributed by atoms with Crippen LogP contribution < -0.4 is 10.6 Å². The number of nitrogens with zero attached hydrogens (tertiary/aromatic N) is 2. The second-order valence-electron chi connectivity index (χ2n) is 6.45. The zero-order valence-corrected chi connectivity index (χ0v) is 13.8. The lowest BCUT2D eigenvalue weighted by Gasteiger charge is -2.24. The molecule has 0 atom stereocenters. The van der Waals surface area contributed by atoms with Crippen LogP contribution in [0.5, 0.6) is 0 Å². The number of hydrogen-bond donors (Lipinski definition) is 2. The molecule has 6 heteroatoms. The van der Waals surface area contributed by atoms with Crippen molar-refractivity contribution in [2.75, 3.05) is 18.4 Å². The Hall–Kier alpha value is -2.47. The molecule has 0 unspecified atom stereocenters. The van der Waals surface area contributed by atoms with Crippen LogP contribution in [0.25, 0.3) is 11.0 Å². The standard InChI is InChI=1S/C19H20F2N4/c20-14-3-1-13(2-4-14)12-25-18-6-5-15(21)11-17(18)24-19(25)23-16-7-9-22-10-8-16/h1-6,11,16,22H,7-10,12H2,(H,23,24). The molecule has 0 radical (unpaired) electrons. The predicted octanol–water partition coefficient (Wildman–Crippen LogP) is 3.53. The molecule has 130 valence electrons. The van der Waals surface area contributed by atoms with E-state index in [1.165, 1.54) is 24.3 Å². The van der Waals surface area contributed by atoms with E-state index in [1.807, 2.05) is 4.57 Å². The van der Waals surface area contributed by atoms with Gasteiger partial charge in [-0.25, -0.2) is 13.8 Å². The van der Waals surface area contributed by atoms with E-state index in [2.05, 4.69) is 15.6 Å². The van der Waals surface area contributed by atoms with Gasteiger partial charge in [-0.1, -0.05) is 12.1 Å². The Morgan fingerprint density at radius 1 is 1.04 bits per heavy atom. The van der Waals surface area contributed by atoms with Crippen molar-refractivity contribution in [3.05, 3.63) is 59.7 Å². The molecule has 3 aromatic rings. The normalized spacial score (nSPS) is 15.6. The topological polar surface area (TPSA) is 41.9 Å². The van der Waals surface area contributed by atoms with Crippen LogP contribution in [0.1, 0.15) is 18.4 Å². The van der Waals surface area contributed by atoms with Crippen molar-refractivity contribution in [3.63, 3.8) is 0 Å². The summed E-state index contributed by atoms with van der Waals surface area (Å²) in [6.45, 7) is 2.50. The zero-order chi connectivity index (χ0) is 17.2. The van der Waals surface area contributed by atoms with E-state index in [1.54, 1.807) is 18.2 Å². The molecule has 2 aromatic carbocycles. The summed E-state index contributed by atoms with van der Waals surface area (Å²) >= 11 is 0. The number of benzene rings is 2. The van der Waals surface area contributed by atoms with Gasteiger partial charge in [0.25, 0.3) is 0 Å². The SMILES string of the molecule is Fc1ccc(Cn2c(NC3CCNCC3)nc3cc(F)ccc32)cc1. The van der Waals surface area contributed by atoms with Crippen LogP contribution in [-0.2, 0) is 6.54 Å². The van der Waals surface area contributed by atoms with Gasteiger partial charge >= 0.3 is 0 Å². The highest BCUT2D eigenvalue weighted by Crippen LogP contribution is 2.24. The molecule has 0 amide bonds. The average molecular weight is 342 g/mol. The van der Waals surface area contributed by atoms with Gasteiger partial charge in [-0.3, -0.25) is 0 Å². The molecule has 25 heavy (non-hydrogen) atoms. The van der Waals surface area contributed by atoms with E-state index >= 15 is 0 Å². The van der Waals surface area contributed by atoms with E-state index in [0.717, 1.165) is 43.0 Å². The molecule has 1 aliphatic rings. The molecular formula is C19H20F2N4. The first-order valence-electron chi connectivity index (χ1n) is 8.56. The fourth-order valence-electron chi connectivity index (χ4n) is 3.29. The number of fused-ring (bicyclic) bond motifs is 1. The molecule has 2 heterocycles. The third-order valence-electron chi connectivity index (χ3n) is 4.64. The van der Waals surface area contributed by atoms with Gasteiger partial charge in [0, 0.05) is 12.1 Å². The lowest BCUT2D eigenvalue weighted by molar-refractivity contribution is 0.476. The summed E-state index contributed by atoms with van der Waals surface area (Å²) in [5.41, 5.74) is 2.46. The first-order valence-corrected chi connectivity index (χ1v) is 8.56. The van der Waals surface area contributed by atoms with Gasteiger partial charge in [0.05, 0.1) is 17.6 Å². The number of piperidine rings is 1. The molecule has 1 aromatic heterocycles.